The molecule has 0 aliphatic carbocycles. The van der Waals surface area contributed by atoms with Crippen LogP contribution in [0.25, 0.3) is 0 Å². The van der Waals surface area contributed by atoms with Gasteiger partial charge >= 0.3 is 0 Å². The summed E-state index contributed by atoms with van der Waals surface area (Å²) in [5.41, 5.74) is 13.2. The zero-order valence-corrected chi connectivity index (χ0v) is 8.57. The van der Waals surface area contributed by atoms with Crippen LogP contribution in [0, 0.1) is 0 Å². The van der Waals surface area contributed by atoms with Gasteiger partial charge in [-0.2, -0.15) is 0 Å². The summed E-state index contributed by atoms with van der Waals surface area (Å²) in [4.78, 5) is 13.4. The first-order valence-electron chi connectivity index (χ1n) is 5.13. The average Bonchev–Trinajstić information content (AvgIpc) is 2.70. The fourth-order valence-corrected chi connectivity index (χ4v) is 2.05. The first-order valence-corrected chi connectivity index (χ1v) is 5.13. The summed E-state index contributed by atoms with van der Waals surface area (Å²) in [7, 11) is 0. The average molecular weight is 205 g/mol. The summed E-state index contributed by atoms with van der Waals surface area (Å²) in [6.45, 7) is 1.91. The van der Waals surface area contributed by atoms with Gasteiger partial charge in [0.1, 0.15) is 0 Å². The van der Waals surface area contributed by atoms with E-state index in [1.54, 1.807) is 18.2 Å². The predicted molar refractivity (Wildman–Crippen MR) is 60.8 cm³/mol. The van der Waals surface area contributed by atoms with Crippen molar-refractivity contribution in [3.05, 3.63) is 23.8 Å². The molecule has 1 saturated heterocycles. The molecule has 1 aromatic rings. The van der Waals surface area contributed by atoms with Crippen molar-refractivity contribution in [3.8, 4) is 0 Å². The van der Waals surface area contributed by atoms with Gasteiger partial charge in [-0.3, -0.25) is 4.79 Å². The van der Waals surface area contributed by atoms with E-state index in [0.717, 1.165) is 31.6 Å². The maximum Gasteiger partial charge on any atom is 0.250 e. The largest absolute Gasteiger partial charge is 0.397 e. The number of carbonyl (C=O) groups is 1. The van der Waals surface area contributed by atoms with Crippen LogP contribution in [0.4, 0.5) is 11.4 Å². The van der Waals surface area contributed by atoms with Crippen LogP contribution >= 0.6 is 0 Å². The van der Waals surface area contributed by atoms with Crippen molar-refractivity contribution in [3.63, 3.8) is 0 Å². The molecule has 0 saturated carbocycles. The predicted octanol–water partition coefficient (Wildman–Crippen LogP) is 0.968. The Balaban J connectivity index is 2.46. The van der Waals surface area contributed by atoms with Crippen molar-refractivity contribution < 1.29 is 4.79 Å². The molecule has 15 heavy (non-hydrogen) atoms. The Morgan fingerprint density at radius 1 is 1.27 bits per heavy atom. The van der Waals surface area contributed by atoms with Crippen LogP contribution in [0.3, 0.4) is 0 Å². The second-order valence-corrected chi connectivity index (χ2v) is 3.80. The number of primary amides is 1. The number of hydrogen-bond acceptors (Lipinski definition) is 3. The normalized spacial score (nSPS) is 15.6. The molecule has 80 valence electrons. The van der Waals surface area contributed by atoms with Gasteiger partial charge in [-0.05, 0) is 25.0 Å². The lowest BCUT2D eigenvalue weighted by atomic mass is 10.1. The van der Waals surface area contributed by atoms with E-state index in [9.17, 15) is 4.79 Å². The van der Waals surface area contributed by atoms with E-state index in [0.29, 0.717) is 11.3 Å². The summed E-state index contributed by atoms with van der Waals surface area (Å²) < 4.78 is 0. The fourth-order valence-electron chi connectivity index (χ4n) is 2.05. The van der Waals surface area contributed by atoms with Crippen LogP contribution in [-0.2, 0) is 0 Å². The molecule has 1 aromatic carbocycles. The van der Waals surface area contributed by atoms with E-state index in [4.69, 9.17) is 11.5 Å². The zero-order chi connectivity index (χ0) is 10.8. The van der Waals surface area contributed by atoms with Gasteiger partial charge < -0.3 is 16.4 Å². The number of carbonyl (C=O) groups excluding carboxylic acids is 1. The van der Waals surface area contributed by atoms with Crippen molar-refractivity contribution in [2.45, 2.75) is 12.8 Å². The Bertz CT molecular complexity index is 383. The standard InChI is InChI=1S/C11H15N3O/c12-9-5-3-4-8(11(13)15)10(9)14-6-1-2-7-14/h3-5H,1-2,6-7,12H2,(H2,13,15). The molecule has 0 atom stereocenters. The third-order valence-corrected chi connectivity index (χ3v) is 2.75. The monoisotopic (exact) mass is 205 g/mol. The molecule has 0 unspecified atom stereocenters. The molecular weight excluding hydrogens is 190 g/mol. The van der Waals surface area contributed by atoms with Gasteiger partial charge in [-0.1, -0.05) is 6.07 Å². The van der Waals surface area contributed by atoms with Crippen molar-refractivity contribution in [1.29, 1.82) is 0 Å². The maximum atomic E-state index is 11.3. The Morgan fingerprint density at radius 2 is 1.93 bits per heavy atom. The number of anilines is 2. The second kappa shape index (κ2) is 3.81. The quantitative estimate of drug-likeness (QED) is 0.706. The summed E-state index contributed by atoms with van der Waals surface area (Å²) in [5.74, 6) is -0.413. The third kappa shape index (κ3) is 1.75. The van der Waals surface area contributed by atoms with Crippen LogP contribution in [0.5, 0.6) is 0 Å². The van der Waals surface area contributed by atoms with Gasteiger partial charge in [-0.25, -0.2) is 0 Å². The lowest BCUT2D eigenvalue weighted by Gasteiger charge is -2.21. The van der Waals surface area contributed by atoms with E-state index in [1.165, 1.54) is 0 Å². The molecule has 0 bridgehead atoms. The lowest BCUT2D eigenvalue weighted by molar-refractivity contribution is 0.100. The Labute approximate surface area is 88.9 Å². The van der Waals surface area contributed by atoms with Gasteiger partial charge in [0, 0.05) is 13.1 Å². The Hall–Kier alpha value is -1.71. The number of nitrogens with zero attached hydrogens (tertiary/aromatic N) is 1. The summed E-state index contributed by atoms with van der Waals surface area (Å²) >= 11 is 0. The van der Waals surface area contributed by atoms with Crippen molar-refractivity contribution in [1.82, 2.24) is 0 Å². The van der Waals surface area contributed by atoms with Crippen LogP contribution in [0.1, 0.15) is 23.2 Å². The highest BCUT2D eigenvalue weighted by molar-refractivity contribution is 6.01. The molecule has 4 nitrogen and oxygen atoms in total. The summed E-state index contributed by atoms with van der Waals surface area (Å²) in [6.07, 6.45) is 2.29. The smallest absolute Gasteiger partial charge is 0.250 e. The number of para-hydroxylation sites is 1. The van der Waals surface area contributed by atoms with Gasteiger partial charge in [0.15, 0.2) is 0 Å². The van der Waals surface area contributed by atoms with Crippen LogP contribution in [0.15, 0.2) is 18.2 Å². The van der Waals surface area contributed by atoms with Gasteiger partial charge in [-0.15, -0.1) is 0 Å². The summed E-state index contributed by atoms with van der Waals surface area (Å²) in [6, 6.07) is 5.29. The highest BCUT2D eigenvalue weighted by Gasteiger charge is 2.20. The summed E-state index contributed by atoms with van der Waals surface area (Å²) in [5, 5.41) is 0. The molecule has 0 aromatic heterocycles. The minimum Gasteiger partial charge on any atom is -0.397 e. The second-order valence-electron chi connectivity index (χ2n) is 3.80. The minimum absolute atomic E-state index is 0.413. The van der Waals surface area contributed by atoms with E-state index >= 15 is 0 Å². The molecule has 2 rings (SSSR count). The molecule has 1 aliphatic rings. The molecule has 4 heteroatoms. The van der Waals surface area contributed by atoms with Crippen molar-refractivity contribution in [2.75, 3.05) is 23.7 Å². The van der Waals surface area contributed by atoms with Crippen LogP contribution in [-0.4, -0.2) is 19.0 Å². The number of hydrogen-bond donors (Lipinski definition) is 2. The zero-order valence-electron chi connectivity index (χ0n) is 8.57. The fraction of sp³-hybridized carbons (Fsp3) is 0.364. The highest BCUT2D eigenvalue weighted by atomic mass is 16.1. The third-order valence-electron chi connectivity index (χ3n) is 2.75. The highest BCUT2D eigenvalue weighted by Crippen LogP contribution is 2.30. The molecule has 1 fully saturated rings. The van der Waals surface area contributed by atoms with Crippen LogP contribution < -0.4 is 16.4 Å². The van der Waals surface area contributed by atoms with E-state index in [2.05, 4.69) is 4.90 Å². The minimum atomic E-state index is -0.413. The SMILES string of the molecule is NC(=O)c1cccc(N)c1N1CCCC1. The first-order chi connectivity index (χ1) is 7.20. The molecule has 1 heterocycles. The number of benzene rings is 1. The Morgan fingerprint density at radius 3 is 2.53 bits per heavy atom. The number of amides is 1. The molecule has 0 radical (unpaired) electrons. The van der Waals surface area contributed by atoms with E-state index in [-0.39, 0.29) is 0 Å². The number of rotatable bonds is 2. The van der Waals surface area contributed by atoms with E-state index < -0.39 is 5.91 Å². The molecule has 0 spiro atoms. The van der Waals surface area contributed by atoms with Crippen LogP contribution in [0.2, 0.25) is 0 Å². The molecule has 1 amide bonds. The molecule has 1 aliphatic heterocycles. The molecule has 4 N–H and O–H groups in total. The van der Waals surface area contributed by atoms with Crippen molar-refractivity contribution in [2.24, 2.45) is 5.73 Å². The van der Waals surface area contributed by atoms with Gasteiger partial charge in [0.25, 0.3) is 5.91 Å². The lowest BCUT2D eigenvalue weighted by Crippen LogP contribution is -2.24. The van der Waals surface area contributed by atoms with Crippen molar-refractivity contribution >= 4 is 17.3 Å². The number of nitrogen functional groups attached to an aromatic ring is 1. The maximum absolute atomic E-state index is 11.3. The van der Waals surface area contributed by atoms with E-state index in [1.807, 2.05) is 0 Å². The topological polar surface area (TPSA) is 72.3 Å². The Kier molecular flexibility index (Phi) is 2.49. The molecular formula is C11H15N3O. The number of nitrogens with two attached hydrogens (primary N) is 2. The van der Waals surface area contributed by atoms with Gasteiger partial charge in [0.2, 0.25) is 0 Å². The first kappa shape index (κ1) is 9.83. The van der Waals surface area contributed by atoms with Gasteiger partial charge in [0.05, 0.1) is 16.9 Å².